The van der Waals surface area contributed by atoms with E-state index in [4.69, 9.17) is 5.11 Å². The van der Waals surface area contributed by atoms with E-state index in [0.29, 0.717) is 18.5 Å². The van der Waals surface area contributed by atoms with Crippen LogP contribution in [0, 0.1) is 0 Å². The quantitative estimate of drug-likeness (QED) is 0.566. The molecule has 1 aromatic rings. The van der Waals surface area contributed by atoms with Gasteiger partial charge >= 0.3 is 5.97 Å². The van der Waals surface area contributed by atoms with Crippen LogP contribution in [0.3, 0.4) is 0 Å². The monoisotopic (exact) mass is 209 g/mol. The van der Waals surface area contributed by atoms with E-state index in [2.05, 4.69) is 10.1 Å². The topological polar surface area (TPSA) is 58.6 Å². The van der Waals surface area contributed by atoms with Crippen molar-refractivity contribution in [3.8, 4) is 0 Å². The minimum Gasteiger partial charge on any atom is -0.465 e. The molecule has 82 valence electrons. The summed E-state index contributed by atoms with van der Waals surface area (Å²) in [6.07, 6.45) is 0.648. The predicted molar refractivity (Wildman–Crippen MR) is 58.0 cm³/mol. The van der Waals surface area contributed by atoms with Crippen molar-refractivity contribution in [3.05, 3.63) is 29.8 Å². The molecule has 0 fully saturated rings. The molecule has 0 heterocycles. The fourth-order valence-corrected chi connectivity index (χ4v) is 1.23. The number of carbonyl (C=O) groups is 1. The number of benzene rings is 1. The lowest BCUT2D eigenvalue weighted by atomic mass is 10.2. The SMILES string of the molecule is COC(=O)c1ccccc1NCCCO. The molecule has 0 spiro atoms. The van der Waals surface area contributed by atoms with E-state index in [-0.39, 0.29) is 12.6 Å². The molecule has 0 aliphatic rings. The van der Waals surface area contributed by atoms with Crippen LogP contribution in [0.2, 0.25) is 0 Å². The van der Waals surface area contributed by atoms with Crippen LogP contribution >= 0.6 is 0 Å². The maximum Gasteiger partial charge on any atom is 0.339 e. The molecule has 1 rings (SSSR count). The van der Waals surface area contributed by atoms with Crippen LogP contribution in [0.5, 0.6) is 0 Å². The Morgan fingerprint density at radius 1 is 1.47 bits per heavy atom. The lowest BCUT2D eigenvalue weighted by Gasteiger charge is -2.09. The molecule has 0 atom stereocenters. The Bertz CT molecular complexity index is 325. The molecule has 4 heteroatoms. The van der Waals surface area contributed by atoms with Gasteiger partial charge in [-0.25, -0.2) is 4.79 Å². The summed E-state index contributed by atoms with van der Waals surface area (Å²) < 4.78 is 4.65. The molecule has 0 aliphatic heterocycles. The van der Waals surface area contributed by atoms with E-state index in [1.54, 1.807) is 12.1 Å². The number of hydrogen-bond donors (Lipinski definition) is 2. The number of hydrogen-bond acceptors (Lipinski definition) is 4. The minimum absolute atomic E-state index is 0.132. The second kappa shape index (κ2) is 6.03. The van der Waals surface area contributed by atoms with E-state index in [0.717, 1.165) is 5.69 Å². The molecule has 15 heavy (non-hydrogen) atoms. The number of para-hydroxylation sites is 1. The fraction of sp³-hybridized carbons (Fsp3) is 0.364. The van der Waals surface area contributed by atoms with E-state index in [1.807, 2.05) is 12.1 Å². The number of rotatable bonds is 5. The van der Waals surface area contributed by atoms with Crippen LogP contribution < -0.4 is 5.32 Å². The molecule has 1 aromatic carbocycles. The zero-order valence-electron chi connectivity index (χ0n) is 8.69. The van der Waals surface area contributed by atoms with Crippen LogP contribution in [-0.4, -0.2) is 31.3 Å². The highest BCUT2D eigenvalue weighted by Gasteiger charge is 2.09. The van der Waals surface area contributed by atoms with Gasteiger partial charge in [-0.05, 0) is 18.6 Å². The standard InChI is InChI=1S/C11H15NO3/c1-15-11(14)9-5-2-3-6-10(9)12-7-4-8-13/h2-3,5-6,12-13H,4,7-8H2,1H3. The number of ether oxygens (including phenoxy) is 1. The normalized spacial score (nSPS) is 9.73. The van der Waals surface area contributed by atoms with Gasteiger partial charge in [-0.15, -0.1) is 0 Å². The summed E-state index contributed by atoms with van der Waals surface area (Å²) in [6, 6.07) is 7.13. The van der Waals surface area contributed by atoms with Crippen molar-refractivity contribution in [2.45, 2.75) is 6.42 Å². The molecule has 0 aromatic heterocycles. The highest BCUT2D eigenvalue weighted by atomic mass is 16.5. The molecule has 0 saturated heterocycles. The van der Waals surface area contributed by atoms with Crippen molar-refractivity contribution in [1.29, 1.82) is 0 Å². The Morgan fingerprint density at radius 3 is 2.87 bits per heavy atom. The maximum absolute atomic E-state index is 11.4. The summed E-state index contributed by atoms with van der Waals surface area (Å²) in [5.41, 5.74) is 1.25. The van der Waals surface area contributed by atoms with Gasteiger partial charge in [0.25, 0.3) is 0 Å². The first-order chi connectivity index (χ1) is 7.29. The summed E-state index contributed by atoms with van der Waals surface area (Å²) in [4.78, 5) is 11.4. The van der Waals surface area contributed by atoms with Crippen molar-refractivity contribution in [2.75, 3.05) is 25.6 Å². The lowest BCUT2D eigenvalue weighted by molar-refractivity contribution is 0.0602. The summed E-state index contributed by atoms with van der Waals surface area (Å²) >= 11 is 0. The second-order valence-electron chi connectivity index (χ2n) is 3.04. The molecule has 0 bridgehead atoms. The molecule has 2 N–H and O–H groups in total. The van der Waals surface area contributed by atoms with E-state index in [1.165, 1.54) is 7.11 Å². The number of methoxy groups -OCH3 is 1. The average Bonchev–Trinajstić information content (AvgIpc) is 2.29. The Balaban J connectivity index is 2.73. The first kappa shape index (κ1) is 11.5. The first-order valence-corrected chi connectivity index (χ1v) is 4.81. The Labute approximate surface area is 88.9 Å². The van der Waals surface area contributed by atoms with E-state index >= 15 is 0 Å². The number of carbonyl (C=O) groups excluding carboxylic acids is 1. The third-order valence-corrected chi connectivity index (χ3v) is 1.98. The van der Waals surface area contributed by atoms with Gasteiger partial charge in [0, 0.05) is 18.8 Å². The summed E-state index contributed by atoms with van der Waals surface area (Å²) in [6.45, 7) is 0.762. The van der Waals surface area contributed by atoms with Crippen molar-refractivity contribution >= 4 is 11.7 Å². The molecule has 4 nitrogen and oxygen atoms in total. The fourth-order valence-electron chi connectivity index (χ4n) is 1.23. The number of anilines is 1. The molecular formula is C11H15NO3. The summed E-state index contributed by atoms with van der Waals surface area (Å²) in [5.74, 6) is -0.359. The Kier molecular flexibility index (Phi) is 4.63. The van der Waals surface area contributed by atoms with Gasteiger partial charge in [0.2, 0.25) is 0 Å². The zero-order valence-corrected chi connectivity index (χ0v) is 8.69. The van der Waals surface area contributed by atoms with E-state index in [9.17, 15) is 4.79 Å². The largest absolute Gasteiger partial charge is 0.465 e. The number of nitrogens with one attached hydrogen (secondary N) is 1. The smallest absolute Gasteiger partial charge is 0.339 e. The van der Waals surface area contributed by atoms with Crippen molar-refractivity contribution in [3.63, 3.8) is 0 Å². The van der Waals surface area contributed by atoms with Gasteiger partial charge < -0.3 is 15.2 Å². The molecule has 0 amide bonds. The minimum atomic E-state index is -0.359. The first-order valence-electron chi connectivity index (χ1n) is 4.81. The predicted octanol–water partition coefficient (Wildman–Crippen LogP) is 1.27. The van der Waals surface area contributed by atoms with Crippen LogP contribution in [0.1, 0.15) is 16.8 Å². The van der Waals surface area contributed by atoms with Crippen LogP contribution in [0.25, 0.3) is 0 Å². The number of aliphatic hydroxyl groups is 1. The van der Waals surface area contributed by atoms with Crippen LogP contribution in [0.15, 0.2) is 24.3 Å². The van der Waals surface area contributed by atoms with Gasteiger partial charge in [-0.2, -0.15) is 0 Å². The molecule has 0 unspecified atom stereocenters. The van der Waals surface area contributed by atoms with E-state index < -0.39 is 0 Å². The number of esters is 1. The van der Waals surface area contributed by atoms with Gasteiger partial charge in [0.15, 0.2) is 0 Å². The van der Waals surface area contributed by atoms with Gasteiger partial charge in [0.05, 0.1) is 12.7 Å². The third-order valence-electron chi connectivity index (χ3n) is 1.98. The van der Waals surface area contributed by atoms with Crippen molar-refractivity contribution in [1.82, 2.24) is 0 Å². The summed E-state index contributed by atoms with van der Waals surface area (Å²) in [5, 5.41) is 11.7. The Hall–Kier alpha value is -1.55. The second-order valence-corrected chi connectivity index (χ2v) is 3.04. The zero-order chi connectivity index (χ0) is 11.1. The van der Waals surface area contributed by atoms with Crippen molar-refractivity contribution in [2.24, 2.45) is 0 Å². The van der Waals surface area contributed by atoms with Crippen molar-refractivity contribution < 1.29 is 14.6 Å². The van der Waals surface area contributed by atoms with Crippen LogP contribution in [-0.2, 0) is 4.74 Å². The molecule has 0 saturated carbocycles. The maximum atomic E-state index is 11.4. The highest BCUT2D eigenvalue weighted by molar-refractivity contribution is 5.95. The third kappa shape index (κ3) is 3.25. The Morgan fingerprint density at radius 2 is 2.20 bits per heavy atom. The van der Waals surface area contributed by atoms with Crippen LogP contribution in [0.4, 0.5) is 5.69 Å². The lowest BCUT2D eigenvalue weighted by Crippen LogP contribution is -2.09. The van der Waals surface area contributed by atoms with Gasteiger partial charge in [-0.3, -0.25) is 0 Å². The molecule has 0 aliphatic carbocycles. The van der Waals surface area contributed by atoms with Gasteiger partial charge in [0.1, 0.15) is 0 Å². The molecular weight excluding hydrogens is 194 g/mol. The molecule has 0 radical (unpaired) electrons. The average molecular weight is 209 g/mol. The highest BCUT2D eigenvalue weighted by Crippen LogP contribution is 2.15. The number of aliphatic hydroxyl groups excluding tert-OH is 1. The summed E-state index contributed by atoms with van der Waals surface area (Å²) in [7, 11) is 1.35. The van der Waals surface area contributed by atoms with Gasteiger partial charge in [-0.1, -0.05) is 12.1 Å².